The molecule has 1 unspecified atom stereocenters. The van der Waals surface area contributed by atoms with Crippen molar-refractivity contribution < 1.29 is 9.21 Å². The fourth-order valence-electron chi connectivity index (χ4n) is 4.44. The molecule has 2 aromatic carbocycles. The predicted octanol–water partition coefficient (Wildman–Crippen LogP) is 7.48. The van der Waals surface area contributed by atoms with Crippen molar-refractivity contribution in [2.75, 3.05) is 10.6 Å². The second kappa shape index (κ2) is 7.47. The molecule has 1 aliphatic heterocycles. The number of Topliss-reactive ketones (excluding diaryl/α,β-unsaturated/α-hetero) is 1. The Kier molecular flexibility index (Phi) is 4.87. The summed E-state index contributed by atoms with van der Waals surface area (Å²) in [4.78, 5) is 13.3. The van der Waals surface area contributed by atoms with Crippen molar-refractivity contribution in [3.8, 4) is 11.3 Å². The summed E-state index contributed by atoms with van der Waals surface area (Å²) < 4.78 is 6.25. The summed E-state index contributed by atoms with van der Waals surface area (Å²) >= 11 is 12.4. The zero-order valence-corrected chi connectivity index (χ0v) is 18.8. The summed E-state index contributed by atoms with van der Waals surface area (Å²) in [5.74, 6) is 1.43. The van der Waals surface area contributed by atoms with Crippen LogP contribution in [0.15, 0.2) is 70.3 Å². The van der Waals surface area contributed by atoms with E-state index in [-0.39, 0.29) is 11.2 Å². The van der Waals surface area contributed by atoms with E-state index in [1.165, 1.54) is 0 Å². The van der Waals surface area contributed by atoms with E-state index in [9.17, 15) is 4.79 Å². The zero-order chi connectivity index (χ0) is 21.8. The first kappa shape index (κ1) is 20.2. The van der Waals surface area contributed by atoms with Gasteiger partial charge in [-0.2, -0.15) is 0 Å². The van der Waals surface area contributed by atoms with Crippen LogP contribution >= 0.6 is 23.2 Å². The van der Waals surface area contributed by atoms with Gasteiger partial charge in [0.25, 0.3) is 0 Å². The van der Waals surface area contributed by atoms with Gasteiger partial charge in [-0.05, 0) is 54.3 Å². The molecule has 0 fully saturated rings. The maximum absolute atomic E-state index is 13.3. The van der Waals surface area contributed by atoms with Crippen LogP contribution in [0.1, 0.15) is 38.5 Å². The Hall–Kier alpha value is -2.69. The van der Waals surface area contributed by atoms with Crippen molar-refractivity contribution in [3.05, 3.63) is 81.7 Å². The van der Waals surface area contributed by atoms with Crippen LogP contribution in [-0.2, 0) is 4.79 Å². The van der Waals surface area contributed by atoms with Crippen LogP contribution in [0.3, 0.4) is 0 Å². The Morgan fingerprint density at radius 2 is 1.77 bits per heavy atom. The number of carbonyl (C=O) groups is 1. The number of ketones is 1. The summed E-state index contributed by atoms with van der Waals surface area (Å²) in [6.45, 7) is 4.26. The third kappa shape index (κ3) is 3.75. The second-order valence-electron chi connectivity index (χ2n) is 8.91. The number of hydrogen-bond acceptors (Lipinski definition) is 4. The number of allylic oxidation sites excluding steroid dienone is 1. The quantitative estimate of drug-likeness (QED) is 0.423. The van der Waals surface area contributed by atoms with Crippen molar-refractivity contribution in [2.24, 2.45) is 5.41 Å². The predicted molar refractivity (Wildman–Crippen MR) is 126 cm³/mol. The lowest BCUT2D eigenvalue weighted by molar-refractivity contribution is -0.118. The molecule has 1 aromatic heterocycles. The van der Waals surface area contributed by atoms with E-state index in [0.717, 1.165) is 34.6 Å². The number of fused-ring (bicyclic) bond motifs is 1. The Morgan fingerprint density at radius 1 is 1.00 bits per heavy atom. The Morgan fingerprint density at radius 3 is 2.55 bits per heavy atom. The maximum atomic E-state index is 13.3. The number of hydrogen-bond donors (Lipinski definition) is 2. The molecule has 0 saturated carbocycles. The molecular weight excluding hydrogens is 431 g/mol. The van der Waals surface area contributed by atoms with Gasteiger partial charge >= 0.3 is 0 Å². The molecule has 1 aliphatic carbocycles. The Balaban J connectivity index is 1.62. The number of rotatable bonds is 2. The number of halogens is 2. The third-order valence-corrected chi connectivity index (χ3v) is 6.38. The van der Waals surface area contributed by atoms with Crippen LogP contribution in [0.2, 0.25) is 10.0 Å². The Bertz CT molecular complexity index is 1230. The molecule has 2 N–H and O–H groups in total. The minimum absolute atomic E-state index is 0.0993. The molecule has 0 saturated heterocycles. The minimum atomic E-state index is -0.394. The molecule has 3 aromatic rings. The van der Waals surface area contributed by atoms with Crippen molar-refractivity contribution in [3.63, 3.8) is 0 Å². The zero-order valence-electron chi connectivity index (χ0n) is 17.3. The van der Waals surface area contributed by atoms with Crippen molar-refractivity contribution >= 4 is 40.4 Å². The van der Waals surface area contributed by atoms with Gasteiger partial charge in [0.2, 0.25) is 0 Å². The summed E-state index contributed by atoms with van der Waals surface area (Å²) in [6, 6.07) is 16.7. The number of furan rings is 1. The van der Waals surface area contributed by atoms with Gasteiger partial charge in [0.05, 0.1) is 16.4 Å². The molecule has 0 amide bonds. The molecular formula is C25H22Cl2N2O2. The molecule has 4 nitrogen and oxygen atoms in total. The summed E-state index contributed by atoms with van der Waals surface area (Å²) in [6.07, 6.45) is 1.29. The van der Waals surface area contributed by atoms with Gasteiger partial charge in [-0.1, -0.05) is 49.2 Å². The van der Waals surface area contributed by atoms with Gasteiger partial charge in [0, 0.05) is 28.3 Å². The van der Waals surface area contributed by atoms with E-state index in [0.29, 0.717) is 28.0 Å². The third-order valence-electron chi connectivity index (χ3n) is 5.83. The number of anilines is 2. The van der Waals surface area contributed by atoms with E-state index >= 15 is 0 Å². The molecule has 5 rings (SSSR count). The molecule has 0 bridgehead atoms. The van der Waals surface area contributed by atoms with Crippen molar-refractivity contribution in [2.45, 2.75) is 32.7 Å². The van der Waals surface area contributed by atoms with E-state index in [1.807, 2.05) is 42.5 Å². The monoisotopic (exact) mass is 452 g/mol. The summed E-state index contributed by atoms with van der Waals surface area (Å²) in [5, 5.41) is 8.14. The lowest BCUT2D eigenvalue weighted by Crippen LogP contribution is -2.31. The van der Waals surface area contributed by atoms with Crippen LogP contribution in [-0.4, -0.2) is 5.78 Å². The lowest BCUT2D eigenvalue weighted by Gasteiger charge is -2.33. The highest BCUT2D eigenvalue weighted by atomic mass is 35.5. The second-order valence-corrected chi connectivity index (χ2v) is 9.75. The first-order valence-corrected chi connectivity index (χ1v) is 11.0. The number of para-hydroxylation sites is 2. The van der Waals surface area contributed by atoms with Gasteiger partial charge in [-0.25, -0.2) is 0 Å². The van der Waals surface area contributed by atoms with Crippen LogP contribution in [0.5, 0.6) is 0 Å². The first-order chi connectivity index (χ1) is 14.8. The standard InChI is InChI=1S/C25H22Cl2N2O2/c1-25(2)12-19-23(20(30)13-25)24(29-18-6-4-3-5-17(18)28-19)22-10-9-21(31-22)15-8-7-14(26)11-16(15)27/h3-11,24,28-29H,12-13H2,1-2H3. The van der Waals surface area contributed by atoms with Crippen LogP contribution < -0.4 is 10.6 Å². The van der Waals surface area contributed by atoms with Crippen LogP contribution in [0, 0.1) is 5.41 Å². The molecule has 31 heavy (non-hydrogen) atoms. The van der Waals surface area contributed by atoms with E-state index in [4.69, 9.17) is 27.6 Å². The van der Waals surface area contributed by atoms with Crippen molar-refractivity contribution in [1.82, 2.24) is 0 Å². The van der Waals surface area contributed by atoms with Gasteiger partial charge in [0.15, 0.2) is 5.78 Å². The fraction of sp³-hybridized carbons (Fsp3) is 0.240. The minimum Gasteiger partial charge on any atom is -0.458 e. The van der Waals surface area contributed by atoms with Gasteiger partial charge < -0.3 is 15.1 Å². The highest BCUT2D eigenvalue weighted by Crippen LogP contribution is 2.46. The summed E-state index contributed by atoms with van der Waals surface area (Å²) in [7, 11) is 0. The molecule has 1 atom stereocenters. The molecule has 0 spiro atoms. The molecule has 0 radical (unpaired) electrons. The lowest BCUT2D eigenvalue weighted by atomic mass is 9.74. The SMILES string of the molecule is CC1(C)CC(=O)C2=C(C1)Nc1ccccc1NC2c1ccc(-c2ccc(Cl)cc2Cl)o1. The highest BCUT2D eigenvalue weighted by molar-refractivity contribution is 6.36. The number of carbonyl (C=O) groups excluding carboxylic acids is 1. The first-order valence-electron chi connectivity index (χ1n) is 10.2. The molecule has 6 heteroatoms. The van der Waals surface area contributed by atoms with Crippen LogP contribution in [0.25, 0.3) is 11.3 Å². The van der Waals surface area contributed by atoms with Crippen molar-refractivity contribution in [1.29, 1.82) is 0 Å². The topological polar surface area (TPSA) is 54.3 Å². The van der Waals surface area contributed by atoms with E-state index < -0.39 is 6.04 Å². The van der Waals surface area contributed by atoms with Gasteiger partial charge in [-0.15, -0.1) is 0 Å². The molecule has 158 valence electrons. The van der Waals surface area contributed by atoms with Gasteiger partial charge in [0.1, 0.15) is 17.6 Å². The summed E-state index contributed by atoms with van der Waals surface area (Å²) in [5.41, 5.74) is 4.22. The average molecular weight is 453 g/mol. The van der Waals surface area contributed by atoms with E-state index in [2.05, 4.69) is 24.5 Å². The largest absolute Gasteiger partial charge is 0.458 e. The smallest absolute Gasteiger partial charge is 0.163 e. The number of benzene rings is 2. The maximum Gasteiger partial charge on any atom is 0.163 e. The van der Waals surface area contributed by atoms with Gasteiger partial charge in [-0.3, -0.25) is 4.79 Å². The average Bonchev–Trinajstić information content (AvgIpc) is 3.10. The van der Waals surface area contributed by atoms with E-state index in [1.54, 1.807) is 12.1 Å². The fourth-order valence-corrected chi connectivity index (χ4v) is 4.95. The van der Waals surface area contributed by atoms with Crippen LogP contribution in [0.4, 0.5) is 11.4 Å². The number of nitrogens with one attached hydrogen (secondary N) is 2. The normalized spacial score (nSPS) is 19.7. The highest BCUT2D eigenvalue weighted by Gasteiger charge is 2.39. The molecule has 2 heterocycles. The Labute approximate surface area is 191 Å². The molecule has 2 aliphatic rings.